The van der Waals surface area contributed by atoms with Crippen LogP contribution in [0.4, 0.5) is 4.79 Å². The summed E-state index contributed by atoms with van der Waals surface area (Å²) >= 11 is 0. The van der Waals surface area contributed by atoms with Crippen LogP contribution in [-0.2, 0) is 27.2 Å². The zero-order valence-electron chi connectivity index (χ0n) is 17.8. The molecular weight excluding hydrogens is 380 g/mol. The zero-order chi connectivity index (χ0) is 21.7. The Labute approximate surface area is 176 Å². The Kier molecular flexibility index (Phi) is 6.45. The Morgan fingerprint density at radius 2 is 1.70 bits per heavy atom. The number of carbonyl (C=O) groups excluding carboxylic acids is 2. The second-order valence-corrected chi connectivity index (χ2v) is 8.19. The van der Waals surface area contributed by atoms with E-state index in [9.17, 15) is 9.59 Å². The number of rotatable bonds is 6. The minimum Gasteiger partial charge on any atom is -0.467 e. The number of fused-ring (bicyclic) bond motifs is 1. The van der Waals surface area contributed by atoms with E-state index >= 15 is 0 Å². The molecule has 1 unspecified atom stereocenters. The van der Waals surface area contributed by atoms with Crippen LogP contribution in [-0.4, -0.2) is 35.4 Å². The largest absolute Gasteiger partial charge is 0.467 e. The van der Waals surface area contributed by atoms with E-state index in [0.29, 0.717) is 6.54 Å². The lowest BCUT2D eigenvalue weighted by molar-refractivity contribution is -0.143. The van der Waals surface area contributed by atoms with E-state index in [0.717, 1.165) is 22.2 Å². The van der Waals surface area contributed by atoms with E-state index in [4.69, 9.17) is 9.47 Å². The van der Waals surface area contributed by atoms with Gasteiger partial charge in [-0.3, -0.25) is 0 Å². The van der Waals surface area contributed by atoms with Gasteiger partial charge in [-0.1, -0.05) is 48.5 Å². The van der Waals surface area contributed by atoms with Crippen LogP contribution in [0.3, 0.4) is 0 Å². The highest BCUT2D eigenvalue weighted by Gasteiger charge is 2.27. The summed E-state index contributed by atoms with van der Waals surface area (Å²) in [6.45, 7) is 5.98. The van der Waals surface area contributed by atoms with E-state index in [2.05, 4.69) is 28.1 Å². The molecule has 1 amide bonds. The molecule has 1 aromatic heterocycles. The minimum atomic E-state index is -0.858. The first kappa shape index (κ1) is 21.4. The van der Waals surface area contributed by atoms with E-state index in [1.54, 1.807) is 20.8 Å². The third-order valence-electron chi connectivity index (χ3n) is 4.67. The third kappa shape index (κ3) is 5.41. The molecule has 30 heavy (non-hydrogen) atoms. The van der Waals surface area contributed by atoms with Crippen LogP contribution in [0.1, 0.15) is 32.0 Å². The maximum atomic E-state index is 12.4. The van der Waals surface area contributed by atoms with Crippen LogP contribution in [0.5, 0.6) is 0 Å². The molecule has 0 saturated carbocycles. The fourth-order valence-electron chi connectivity index (χ4n) is 3.38. The molecule has 158 valence electrons. The first-order chi connectivity index (χ1) is 14.3. The van der Waals surface area contributed by atoms with Gasteiger partial charge in [0.25, 0.3) is 0 Å². The van der Waals surface area contributed by atoms with E-state index in [-0.39, 0.29) is 6.42 Å². The van der Waals surface area contributed by atoms with Crippen molar-refractivity contribution in [2.75, 3.05) is 7.11 Å². The van der Waals surface area contributed by atoms with Gasteiger partial charge < -0.3 is 19.4 Å². The lowest BCUT2D eigenvalue weighted by Crippen LogP contribution is -2.45. The Hall–Kier alpha value is -3.28. The highest BCUT2D eigenvalue weighted by atomic mass is 16.6. The Bertz CT molecular complexity index is 1020. The third-order valence-corrected chi connectivity index (χ3v) is 4.67. The molecule has 1 N–H and O–H groups in total. The molecule has 0 aliphatic carbocycles. The first-order valence-corrected chi connectivity index (χ1v) is 9.95. The molecule has 0 saturated heterocycles. The van der Waals surface area contributed by atoms with Crippen molar-refractivity contribution in [3.05, 3.63) is 71.9 Å². The molecule has 6 nitrogen and oxygen atoms in total. The molecule has 3 rings (SSSR count). The number of benzene rings is 2. The molecule has 0 aliphatic heterocycles. The number of para-hydroxylation sites is 1. The minimum absolute atomic E-state index is 0.285. The van der Waals surface area contributed by atoms with Gasteiger partial charge in [-0.2, -0.15) is 0 Å². The normalized spacial score (nSPS) is 12.4. The van der Waals surface area contributed by atoms with Crippen molar-refractivity contribution < 1.29 is 19.1 Å². The Morgan fingerprint density at radius 3 is 2.37 bits per heavy atom. The molecule has 1 heterocycles. The van der Waals surface area contributed by atoms with Gasteiger partial charge in [0, 0.05) is 24.2 Å². The number of nitrogens with zero attached hydrogens (tertiary/aromatic N) is 1. The van der Waals surface area contributed by atoms with Crippen molar-refractivity contribution >= 4 is 23.0 Å². The van der Waals surface area contributed by atoms with E-state index in [1.807, 2.05) is 42.5 Å². The summed E-state index contributed by atoms with van der Waals surface area (Å²) in [6.07, 6.45) is -0.364. The Balaban J connectivity index is 1.92. The van der Waals surface area contributed by atoms with Gasteiger partial charge in [0.1, 0.15) is 11.6 Å². The molecule has 3 aromatic rings. The average Bonchev–Trinajstić information content (AvgIpc) is 3.03. The molecular formula is C24H28N2O4. The van der Waals surface area contributed by atoms with Crippen LogP contribution in [0.25, 0.3) is 10.9 Å². The number of hydrogen-bond acceptors (Lipinski definition) is 4. The van der Waals surface area contributed by atoms with Gasteiger partial charge in [0.15, 0.2) is 0 Å². The number of nitrogens with one attached hydrogen (secondary N) is 1. The van der Waals surface area contributed by atoms with E-state index in [1.165, 1.54) is 7.11 Å². The first-order valence-electron chi connectivity index (χ1n) is 9.95. The highest BCUT2D eigenvalue weighted by Crippen LogP contribution is 2.23. The standard InChI is InChI=1S/C24H28N2O4/c1-24(2,3)30-23(28)25-20(22(27)29-4)15-19-14-18-12-8-9-13-21(18)26(19)16-17-10-6-5-7-11-17/h5-14,20H,15-16H2,1-4H3,(H,25,28). The molecule has 0 radical (unpaired) electrons. The maximum Gasteiger partial charge on any atom is 0.408 e. The molecule has 0 fully saturated rings. The summed E-state index contributed by atoms with van der Waals surface area (Å²) < 4.78 is 12.4. The van der Waals surface area contributed by atoms with Crippen molar-refractivity contribution in [1.82, 2.24) is 9.88 Å². The van der Waals surface area contributed by atoms with Gasteiger partial charge in [-0.05, 0) is 43.9 Å². The van der Waals surface area contributed by atoms with Crippen LogP contribution in [0.15, 0.2) is 60.7 Å². The summed E-state index contributed by atoms with van der Waals surface area (Å²) in [5.74, 6) is -0.516. The summed E-state index contributed by atoms with van der Waals surface area (Å²) in [7, 11) is 1.31. The molecule has 0 bridgehead atoms. The lowest BCUT2D eigenvalue weighted by Gasteiger charge is -2.23. The van der Waals surface area contributed by atoms with Crippen LogP contribution in [0, 0.1) is 0 Å². The fourth-order valence-corrected chi connectivity index (χ4v) is 3.38. The van der Waals surface area contributed by atoms with Crippen molar-refractivity contribution in [2.24, 2.45) is 0 Å². The van der Waals surface area contributed by atoms with Gasteiger partial charge >= 0.3 is 12.1 Å². The SMILES string of the molecule is COC(=O)C(Cc1cc2ccccc2n1Cc1ccccc1)NC(=O)OC(C)(C)C. The number of methoxy groups -OCH3 is 1. The van der Waals surface area contributed by atoms with Crippen molar-refractivity contribution in [1.29, 1.82) is 0 Å². The van der Waals surface area contributed by atoms with Crippen molar-refractivity contribution in [2.45, 2.75) is 45.4 Å². The van der Waals surface area contributed by atoms with Crippen LogP contribution in [0.2, 0.25) is 0 Å². The molecule has 0 spiro atoms. The molecule has 6 heteroatoms. The molecule has 1 atom stereocenters. The number of aromatic nitrogens is 1. The fraction of sp³-hybridized carbons (Fsp3) is 0.333. The number of esters is 1. The van der Waals surface area contributed by atoms with E-state index < -0.39 is 23.7 Å². The molecule has 0 aliphatic rings. The van der Waals surface area contributed by atoms with Gasteiger partial charge in [-0.15, -0.1) is 0 Å². The van der Waals surface area contributed by atoms with Crippen molar-refractivity contribution in [3.8, 4) is 0 Å². The van der Waals surface area contributed by atoms with Crippen molar-refractivity contribution in [3.63, 3.8) is 0 Å². The topological polar surface area (TPSA) is 69.6 Å². The second-order valence-electron chi connectivity index (χ2n) is 8.19. The number of ether oxygens (including phenoxy) is 2. The summed E-state index contributed by atoms with van der Waals surface area (Å²) in [5, 5.41) is 3.73. The van der Waals surface area contributed by atoms with Crippen LogP contribution < -0.4 is 5.32 Å². The number of hydrogen-bond donors (Lipinski definition) is 1. The quantitative estimate of drug-likeness (QED) is 0.618. The summed E-state index contributed by atoms with van der Waals surface area (Å²) in [5.41, 5.74) is 2.48. The lowest BCUT2D eigenvalue weighted by atomic mass is 10.1. The maximum absolute atomic E-state index is 12.4. The number of amides is 1. The Morgan fingerprint density at radius 1 is 1.03 bits per heavy atom. The van der Waals surface area contributed by atoms with Gasteiger partial charge in [0.2, 0.25) is 0 Å². The summed E-state index contributed by atoms with van der Waals surface area (Å²) in [4.78, 5) is 24.7. The molecule has 2 aromatic carbocycles. The second kappa shape index (κ2) is 9.03. The predicted octanol–water partition coefficient (Wildman–Crippen LogP) is 4.30. The number of alkyl carbamates (subject to hydrolysis) is 1. The highest BCUT2D eigenvalue weighted by molar-refractivity contribution is 5.84. The zero-order valence-corrected chi connectivity index (χ0v) is 17.8. The monoisotopic (exact) mass is 408 g/mol. The predicted molar refractivity (Wildman–Crippen MR) is 116 cm³/mol. The summed E-state index contributed by atoms with van der Waals surface area (Å²) in [6, 6.07) is 19.4. The number of carbonyl (C=O) groups is 2. The smallest absolute Gasteiger partial charge is 0.408 e. The average molecular weight is 408 g/mol. The van der Waals surface area contributed by atoms with Gasteiger partial charge in [-0.25, -0.2) is 9.59 Å². The van der Waals surface area contributed by atoms with Gasteiger partial charge in [0.05, 0.1) is 7.11 Å². The van der Waals surface area contributed by atoms with Crippen LogP contribution >= 0.6 is 0 Å².